The molecule has 17 nitrogen and oxygen atoms in total. The number of aliphatic hydroxyl groups excluding tert-OH is 1. The van der Waals surface area contributed by atoms with Crippen LogP contribution in [0.3, 0.4) is 0 Å². The Balaban J connectivity index is 5.28. The molecule has 0 fully saturated rings. The molecule has 3 N–H and O–H groups in total. The van der Waals surface area contributed by atoms with Crippen molar-refractivity contribution in [1.29, 1.82) is 0 Å². The number of phosphoric acid groups is 2. The van der Waals surface area contributed by atoms with E-state index in [0.29, 0.717) is 45.3 Å². The van der Waals surface area contributed by atoms with E-state index in [9.17, 15) is 43.2 Å². The Labute approximate surface area is 620 Å². The summed E-state index contributed by atoms with van der Waals surface area (Å²) in [6, 6.07) is 0. The minimum absolute atomic E-state index is 0.0862. The van der Waals surface area contributed by atoms with Crippen molar-refractivity contribution in [2.45, 2.75) is 353 Å². The maximum absolute atomic E-state index is 13.1. The van der Waals surface area contributed by atoms with Crippen LogP contribution in [0.25, 0.3) is 0 Å². The fourth-order valence-corrected chi connectivity index (χ4v) is 12.4. The van der Waals surface area contributed by atoms with Crippen LogP contribution in [-0.4, -0.2) is 111 Å². The highest BCUT2D eigenvalue weighted by Crippen LogP contribution is 2.45. The first kappa shape index (κ1) is 98.3. The van der Waals surface area contributed by atoms with Crippen LogP contribution >= 0.6 is 15.6 Å². The maximum Gasteiger partial charge on any atom is 0.472 e. The van der Waals surface area contributed by atoms with Crippen LogP contribution in [0.5, 0.6) is 0 Å². The largest absolute Gasteiger partial charge is 0.472 e. The number of aldehydes is 2. The van der Waals surface area contributed by atoms with E-state index in [-0.39, 0.29) is 26.1 Å². The lowest BCUT2D eigenvalue weighted by Gasteiger charge is -2.21. The fraction of sp³-hybridized carbons (Fsp3) is 0.759. The number of carbonyl (C=O) groups excluding carboxylic acids is 4. The summed E-state index contributed by atoms with van der Waals surface area (Å²) in [5.74, 6) is -0.914. The van der Waals surface area contributed by atoms with Crippen LogP contribution in [0.4, 0.5) is 0 Å². The lowest BCUT2D eigenvalue weighted by atomic mass is 10.1. The van der Waals surface area contributed by atoms with Gasteiger partial charge in [0, 0.05) is 38.9 Å². The van der Waals surface area contributed by atoms with Crippen LogP contribution in [0, 0.1) is 0 Å². The second-order valence-corrected chi connectivity index (χ2v) is 29.8. The van der Waals surface area contributed by atoms with Crippen molar-refractivity contribution >= 4 is 40.2 Å². The summed E-state index contributed by atoms with van der Waals surface area (Å²) in [7, 11) is -9.71. The van der Waals surface area contributed by atoms with Crippen LogP contribution in [0.15, 0.2) is 97.2 Å². The Morgan fingerprint density at radius 2 is 0.627 bits per heavy atom. The summed E-state index contributed by atoms with van der Waals surface area (Å²) in [6.45, 7) is 2.21. The van der Waals surface area contributed by atoms with Gasteiger partial charge in [-0.2, -0.15) is 0 Å². The summed E-state index contributed by atoms with van der Waals surface area (Å²) in [4.78, 5) is 68.1. The van der Waals surface area contributed by atoms with E-state index in [1.165, 1.54) is 77.0 Å². The number of allylic oxidation sites excluding steroid dienone is 16. The molecule has 0 aliphatic rings. The third-order valence-electron chi connectivity index (χ3n) is 17.0. The van der Waals surface area contributed by atoms with Crippen molar-refractivity contribution in [3.8, 4) is 0 Å². The summed E-state index contributed by atoms with van der Waals surface area (Å²) < 4.78 is 70.0. The van der Waals surface area contributed by atoms with Gasteiger partial charge in [-0.25, -0.2) is 9.13 Å². The molecule has 0 amide bonds. The van der Waals surface area contributed by atoms with Crippen molar-refractivity contribution < 1.29 is 80.2 Å². The van der Waals surface area contributed by atoms with Crippen LogP contribution in [-0.2, 0) is 65.4 Å². The number of unbranched alkanes of at least 4 members (excludes halogenated alkanes) is 36. The molecule has 0 aliphatic carbocycles. The van der Waals surface area contributed by atoms with Crippen molar-refractivity contribution in [3.63, 3.8) is 0 Å². The molecule has 102 heavy (non-hydrogen) atoms. The van der Waals surface area contributed by atoms with Gasteiger partial charge in [0.25, 0.3) is 0 Å². The van der Waals surface area contributed by atoms with E-state index in [4.69, 9.17) is 37.0 Å². The fourth-order valence-electron chi connectivity index (χ4n) is 10.8. The molecule has 0 saturated heterocycles. The van der Waals surface area contributed by atoms with E-state index in [1.807, 2.05) is 6.08 Å². The zero-order chi connectivity index (χ0) is 74.3. The highest BCUT2D eigenvalue weighted by molar-refractivity contribution is 7.47. The molecule has 0 bridgehead atoms. The first-order valence-corrected chi connectivity index (χ1v) is 43.4. The second-order valence-electron chi connectivity index (χ2n) is 26.9. The Hall–Kier alpha value is -3.70. The first-order valence-electron chi connectivity index (χ1n) is 40.4. The number of phosphoric ester groups is 2. The lowest BCUT2D eigenvalue weighted by molar-refractivity contribution is -0.154. The summed E-state index contributed by atoms with van der Waals surface area (Å²) >= 11 is 0. The van der Waals surface area contributed by atoms with Crippen molar-refractivity contribution in [1.82, 2.24) is 0 Å². The summed E-state index contributed by atoms with van der Waals surface area (Å²) in [5.41, 5.74) is 0. The molecule has 0 aliphatic heterocycles. The van der Waals surface area contributed by atoms with Gasteiger partial charge in [0.2, 0.25) is 0 Å². The van der Waals surface area contributed by atoms with Crippen molar-refractivity contribution in [2.24, 2.45) is 0 Å². The van der Waals surface area contributed by atoms with E-state index < -0.39 is 72.3 Å². The molecule has 19 heteroatoms. The van der Waals surface area contributed by atoms with E-state index >= 15 is 0 Å². The molecular formula is C83H146O17P2. The lowest BCUT2D eigenvalue weighted by Crippen LogP contribution is -2.29. The van der Waals surface area contributed by atoms with Gasteiger partial charge in [-0.05, 0) is 161 Å². The number of hydrogen-bond donors (Lipinski definition) is 3. The Morgan fingerprint density at radius 1 is 0.324 bits per heavy atom. The highest BCUT2D eigenvalue weighted by Gasteiger charge is 2.29. The predicted molar refractivity (Wildman–Crippen MR) is 418 cm³/mol. The van der Waals surface area contributed by atoms with Gasteiger partial charge >= 0.3 is 27.6 Å². The molecular weight excluding hydrogens is 1330 g/mol. The average molecular weight is 1480 g/mol. The average Bonchev–Trinajstić information content (AvgIpc) is 0.947. The van der Waals surface area contributed by atoms with Crippen LogP contribution in [0.2, 0.25) is 0 Å². The molecule has 0 aromatic heterocycles. The Bertz CT molecular complexity index is 2240. The van der Waals surface area contributed by atoms with E-state index in [0.717, 1.165) is 212 Å². The van der Waals surface area contributed by atoms with Gasteiger partial charge in [0.05, 0.1) is 33.0 Å². The molecule has 0 saturated carbocycles. The summed E-state index contributed by atoms with van der Waals surface area (Å²) in [6.07, 6.45) is 83.6. The molecule has 0 rings (SSSR count). The molecule has 0 spiro atoms. The van der Waals surface area contributed by atoms with Gasteiger partial charge in [-0.3, -0.25) is 27.7 Å². The van der Waals surface area contributed by atoms with Gasteiger partial charge in [0.15, 0.2) is 0 Å². The highest BCUT2D eigenvalue weighted by atomic mass is 31.2. The minimum atomic E-state index is -4.87. The van der Waals surface area contributed by atoms with Gasteiger partial charge in [-0.1, -0.05) is 246 Å². The summed E-state index contributed by atoms with van der Waals surface area (Å²) in [5, 5.41) is 10.7. The third-order valence-corrected chi connectivity index (χ3v) is 18.9. The Morgan fingerprint density at radius 3 is 1.03 bits per heavy atom. The monoisotopic (exact) mass is 1480 g/mol. The number of ether oxygens (including phenoxy) is 4. The normalized spacial score (nSPS) is 14.4. The number of carbonyl (C=O) groups is 4. The minimum Gasteiger partial charge on any atom is -0.463 e. The number of aliphatic hydroxyl groups is 1. The smallest absolute Gasteiger partial charge is 0.463 e. The number of esters is 2. The third kappa shape index (κ3) is 77.4. The zero-order valence-corrected chi connectivity index (χ0v) is 65.9. The second kappa shape index (κ2) is 78.4. The molecule has 590 valence electrons. The topological polar surface area (TPSA) is 237 Å². The number of hydrogen-bond acceptors (Lipinski definition) is 15. The molecule has 0 aromatic rings. The molecule has 5 atom stereocenters. The first-order chi connectivity index (χ1) is 49.9. The quantitative estimate of drug-likeness (QED) is 0.0169. The van der Waals surface area contributed by atoms with Crippen molar-refractivity contribution in [3.05, 3.63) is 97.2 Å². The Kier molecular flexibility index (Phi) is 75.5. The maximum atomic E-state index is 13.1. The van der Waals surface area contributed by atoms with Crippen LogP contribution < -0.4 is 0 Å². The van der Waals surface area contributed by atoms with Gasteiger partial charge in [0.1, 0.15) is 37.5 Å². The van der Waals surface area contributed by atoms with Crippen LogP contribution in [0.1, 0.15) is 335 Å². The van der Waals surface area contributed by atoms with E-state index in [2.05, 4.69) is 105 Å². The van der Waals surface area contributed by atoms with E-state index in [1.54, 1.807) is 0 Å². The van der Waals surface area contributed by atoms with Crippen molar-refractivity contribution in [2.75, 3.05) is 52.9 Å². The molecule has 0 heterocycles. The predicted octanol–water partition coefficient (Wildman–Crippen LogP) is 22.9. The SMILES string of the molecule is CCCCC/C=C\C/C=C\C/C=C\C/C=C\CCCC(=O)O[C@H](COCCCCCCCCC/C=C\CCCCCCC=O)COP(=O)(O)OC[C@H](O)COP(=O)(O)OC[C@@H](COC(=O)CCCCCCC/C=C\C/C=C\CCCCC)OCCCCCCCCC/C=C\CCCCCCC=O. The van der Waals surface area contributed by atoms with Gasteiger partial charge in [-0.15, -0.1) is 0 Å². The zero-order valence-electron chi connectivity index (χ0n) is 64.1. The van der Waals surface area contributed by atoms with Gasteiger partial charge < -0.3 is 43.4 Å². The molecule has 0 radical (unpaired) electrons. The standard InChI is InChI=1S/C83H146O17P2/c1-3-5-7-9-11-13-15-17-19-20-26-32-38-44-50-56-62-68-83(88)100-81(75-93-71-65-59-53-47-41-35-29-23-21-27-33-39-45-51-57-63-69-84)78-99-102(91,92)97-74-79(86)73-96-101(89,90)98-77-80(94-72-66-60-54-48-42-36-30-24-22-28-34-40-46-52-58-64-70-85)76-95-82(87)67-61-55-49-43-37-31-25-18-16-14-12-10-8-6-4-2/h11-14,17-19,21-22,25-28,32,44,50,69-70,79-81,86H,3-10,15-16,20,23-24,29-31,33-43,45-49,51-68,71-78H2,1-2H3,(H,89,90)(H,91,92)/b13-11-,14-12-,19-17-,25-18-,27-21-,28-22-,32-26-,50-44-/t79-,80-,81-/m1/s1. The molecule has 0 aromatic carbocycles. The number of rotatable bonds is 80. The molecule has 2 unspecified atom stereocenters.